The van der Waals surface area contributed by atoms with E-state index in [0.29, 0.717) is 19.0 Å². The highest BCUT2D eigenvalue weighted by Crippen LogP contribution is 2.41. The number of nitrogen functional groups attached to an aromatic ring is 1. The van der Waals surface area contributed by atoms with Gasteiger partial charge in [-0.3, -0.25) is 4.79 Å². The first-order valence-electron chi connectivity index (χ1n) is 9.66. The molecule has 4 rings (SSSR count). The molecule has 0 radical (unpaired) electrons. The molecule has 1 spiro atoms. The normalized spacial score (nSPS) is 22.7. The van der Waals surface area contributed by atoms with E-state index in [1.807, 2.05) is 17.9 Å². The number of hydrogen-bond donors (Lipinski definition) is 1. The summed E-state index contributed by atoms with van der Waals surface area (Å²) < 4.78 is 0. The van der Waals surface area contributed by atoms with Gasteiger partial charge in [0.1, 0.15) is 5.82 Å². The molecule has 2 N–H and O–H groups in total. The van der Waals surface area contributed by atoms with Gasteiger partial charge in [-0.2, -0.15) is 4.98 Å². The Morgan fingerprint density at radius 1 is 1.15 bits per heavy atom. The monoisotopic (exact) mass is 365 g/mol. The number of piperidine rings is 1. The van der Waals surface area contributed by atoms with Gasteiger partial charge >= 0.3 is 0 Å². The average Bonchev–Trinajstić information content (AvgIpc) is 3.04. The smallest absolute Gasteiger partial charge is 0.230 e. The first kappa shape index (κ1) is 17.8. The van der Waals surface area contributed by atoms with Gasteiger partial charge in [-0.05, 0) is 38.7 Å². The second kappa shape index (κ2) is 6.83. The van der Waals surface area contributed by atoms with Crippen LogP contribution in [0.4, 0.5) is 11.8 Å². The summed E-state index contributed by atoms with van der Waals surface area (Å²) in [5.74, 6) is 1.42. The van der Waals surface area contributed by atoms with Crippen LogP contribution in [0.2, 0.25) is 0 Å². The molecule has 0 bridgehead atoms. The Kier molecular flexibility index (Phi) is 4.50. The second-order valence-electron chi connectivity index (χ2n) is 8.00. The van der Waals surface area contributed by atoms with Crippen LogP contribution in [0.15, 0.2) is 30.3 Å². The largest absolute Gasteiger partial charge is 0.368 e. The molecular formula is C21H27N5O. The minimum atomic E-state index is -0.296. The van der Waals surface area contributed by atoms with Crippen LogP contribution in [-0.2, 0) is 11.3 Å². The maximum atomic E-state index is 13.4. The third-order valence-corrected chi connectivity index (χ3v) is 5.82. The number of likely N-dealkylation sites (tertiary alicyclic amines) is 1. The summed E-state index contributed by atoms with van der Waals surface area (Å²) in [7, 11) is 0. The van der Waals surface area contributed by atoms with E-state index in [1.54, 1.807) is 0 Å². The topological polar surface area (TPSA) is 75.3 Å². The molecule has 27 heavy (non-hydrogen) atoms. The van der Waals surface area contributed by atoms with E-state index in [0.717, 1.165) is 43.9 Å². The number of hydrogen-bond acceptors (Lipinski definition) is 5. The van der Waals surface area contributed by atoms with Crippen LogP contribution >= 0.6 is 0 Å². The zero-order valence-electron chi connectivity index (χ0n) is 16.1. The molecule has 1 amide bonds. The van der Waals surface area contributed by atoms with Crippen LogP contribution in [0.3, 0.4) is 0 Å². The van der Waals surface area contributed by atoms with Crippen molar-refractivity contribution >= 4 is 17.7 Å². The SMILES string of the molecule is Cc1cccc(CN2CCC[C@@]3(CCN(c4cc(C)nc(N)n4)C3)C2=O)c1. The molecule has 2 saturated heterocycles. The molecule has 2 aliphatic heterocycles. The van der Waals surface area contributed by atoms with E-state index in [9.17, 15) is 4.79 Å². The lowest BCUT2D eigenvalue weighted by Gasteiger charge is -2.39. The molecule has 6 nitrogen and oxygen atoms in total. The Labute approximate surface area is 160 Å². The van der Waals surface area contributed by atoms with E-state index < -0.39 is 0 Å². The summed E-state index contributed by atoms with van der Waals surface area (Å²) in [5.41, 5.74) is 8.82. The van der Waals surface area contributed by atoms with Crippen molar-refractivity contribution in [1.82, 2.24) is 14.9 Å². The number of carbonyl (C=O) groups is 1. The zero-order chi connectivity index (χ0) is 19.0. The van der Waals surface area contributed by atoms with Crippen LogP contribution < -0.4 is 10.6 Å². The first-order chi connectivity index (χ1) is 12.9. The van der Waals surface area contributed by atoms with Gasteiger partial charge in [0.15, 0.2) is 0 Å². The molecule has 0 aliphatic carbocycles. The molecule has 0 unspecified atom stereocenters. The Hall–Kier alpha value is -2.63. The van der Waals surface area contributed by atoms with Crippen LogP contribution in [-0.4, -0.2) is 40.4 Å². The third kappa shape index (κ3) is 3.48. The van der Waals surface area contributed by atoms with Crippen LogP contribution in [0.25, 0.3) is 0 Å². The summed E-state index contributed by atoms with van der Waals surface area (Å²) in [6.07, 6.45) is 2.88. The van der Waals surface area contributed by atoms with Gasteiger partial charge in [-0.15, -0.1) is 0 Å². The lowest BCUT2D eigenvalue weighted by Crippen LogP contribution is -2.49. The highest BCUT2D eigenvalue weighted by molar-refractivity contribution is 5.85. The highest BCUT2D eigenvalue weighted by Gasteiger charge is 2.48. The lowest BCUT2D eigenvalue weighted by atomic mass is 9.78. The van der Waals surface area contributed by atoms with E-state index >= 15 is 0 Å². The fourth-order valence-corrected chi connectivity index (χ4v) is 4.52. The van der Waals surface area contributed by atoms with Crippen molar-refractivity contribution in [3.8, 4) is 0 Å². The number of amides is 1. The zero-order valence-corrected chi connectivity index (χ0v) is 16.1. The first-order valence-corrected chi connectivity index (χ1v) is 9.66. The van der Waals surface area contributed by atoms with Gasteiger partial charge in [0.2, 0.25) is 11.9 Å². The van der Waals surface area contributed by atoms with Crippen molar-refractivity contribution in [3.63, 3.8) is 0 Å². The van der Waals surface area contributed by atoms with E-state index in [4.69, 9.17) is 5.73 Å². The van der Waals surface area contributed by atoms with Crippen LogP contribution in [0.5, 0.6) is 0 Å². The Morgan fingerprint density at radius 3 is 2.78 bits per heavy atom. The molecule has 2 fully saturated rings. The van der Waals surface area contributed by atoms with Crippen molar-refractivity contribution in [2.45, 2.75) is 39.7 Å². The minimum Gasteiger partial charge on any atom is -0.368 e. The van der Waals surface area contributed by atoms with E-state index in [2.05, 4.69) is 46.1 Å². The summed E-state index contributed by atoms with van der Waals surface area (Å²) in [4.78, 5) is 26.2. The maximum absolute atomic E-state index is 13.4. The number of nitrogens with two attached hydrogens (primary N) is 1. The number of benzene rings is 1. The number of aromatic nitrogens is 2. The molecule has 3 heterocycles. The molecule has 2 aliphatic rings. The van der Waals surface area contributed by atoms with Crippen molar-refractivity contribution in [1.29, 1.82) is 0 Å². The third-order valence-electron chi connectivity index (χ3n) is 5.82. The molecule has 6 heteroatoms. The molecular weight excluding hydrogens is 338 g/mol. The Morgan fingerprint density at radius 2 is 2.00 bits per heavy atom. The predicted molar refractivity (Wildman–Crippen MR) is 106 cm³/mol. The molecule has 1 aromatic heterocycles. The quantitative estimate of drug-likeness (QED) is 0.905. The molecule has 0 saturated carbocycles. The van der Waals surface area contributed by atoms with Crippen LogP contribution in [0, 0.1) is 19.3 Å². The number of aryl methyl sites for hydroxylation is 2. The predicted octanol–water partition coefficient (Wildman–Crippen LogP) is 2.69. The molecule has 142 valence electrons. The van der Waals surface area contributed by atoms with E-state index in [-0.39, 0.29) is 11.3 Å². The number of rotatable bonds is 3. The molecule has 1 aromatic carbocycles. The van der Waals surface area contributed by atoms with E-state index in [1.165, 1.54) is 11.1 Å². The average molecular weight is 365 g/mol. The summed E-state index contributed by atoms with van der Waals surface area (Å²) >= 11 is 0. The highest BCUT2D eigenvalue weighted by atomic mass is 16.2. The fourth-order valence-electron chi connectivity index (χ4n) is 4.52. The summed E-state index contributed by atoms with van der Waals surface area (Å²) in [5, 5.41) is 0. The van der Waals surface area contributed by atoms with Gasteiger partial charge < -0.3 is 15.5 Å². The molecule has 1 atom stereocenters. The van der Waals surface area contributed by atoms with Crippen LogP contribution in [0.1, 0.15) is 36.1 Å². The van der Waals surface area contributed by atoms with Crippen molar-refractivity contribution in [2.75, 3.05) is 30.3 Å². The number of carbonyl (C=O) groups excluding carboxylic acids is 1. The van der Waals surface area contributed by atoms with Crippen molar-refractivity contribution in [2.24, 2.45) is 5.41 Å². The minimum absolute atomic E-state index is 0.288. The van der Waals surface area contributed by atoms with Crippen molar-refractivity contribution < 1.29 is 4.79 Å². The summed E-state index contributed by atoms with van der Waals surface area (Å²) in [6, 6.07) is 10.4. The Balaban J connectivity index is 1.52. The van der Waals surface area contributed by atoms with Gasteiger partial charge in [0.25, 0.3) is 0 Å². The maximum Gasteiger partial charge on any atom is 0.230 e. The van der Waals surface area contributed by atoms with Crippen molar-refractivity contribution in [3.05, 3.63) is 47.2 Å². The van der Waals surface area contributed by atoms with Gasteiger partial charge in [-0.25, -0.2) is 4.98 Å². The fraction of sp³-hybridized carbons (Fsp3) is 0.476. The number of anilines is 2. The second-order valence-corrected chi connectivity index (χ2v) is 8.00. The standard InChI is InChI=1S/C21H27N5O/c1-15-5-3-6-17(11-15)13-25-9-4-7-21(19(25)27)8-10-26(14-21)18-12-16(2)23-20(22)24-18/h3,5-6,11-12H,4,7-10,13-14H2,1-2H3,(H2,22,23,24)/t21-/m0/s1. The Bertz CT molecular complexity index is 847. The number of nitrogens with zero attached hydrogens (tertiary/aromatic N) is 4. The van der Waals surface area contributed by atoms with Gasteiger partial charge in [0.05, 0.1) is 5.41 Å². The van der Waals surface area contributed by atoms with Gasteiger partial charge in [-0.1, -0.05) is 29.8 Å². The lowest BCUT2D eigenvalue weighted by molar-refractivity contribution is -0.145. The summed E-state index contributed by atoms with van der Waals surface area (Å²) in [6.45, 7) is 7.10. The molecule has 2 aromatic rings. The van der Waals surface area contributed by atoms with Gasteiger partial charge in [0, 0.05) is 37.9 Å².